The van der Waals surface area contributed by atoms with Gasteiger partial charge >= 0.3 is 5.97 Å². The number of carboxylic acid groups (broad SMARTS) is 1. The van der Waals surface area contributed by atoms with Crippen molar-refractivity contribution in [2.45, 2.75) is 51.0 Å². The van der Waals surface area contributed by atoms with Crippen LogP contribution in [0.15, 0.2) is 0 Å². The number of carbonyl (C=O) groups excluding carboxylic acids is 1. The van der Waals surface area contributed by atoms with Crippen LogP contribution in [0.1, 0.15) is 44.9 Å². The minimum Gasteiger partial charge on any atom is -0.480 e. The van der Waals surface area contributed by atoms with Gasteiger partial charge in [0.25, 0.3) is 0 Å². The lowest BCUT2D eigenvalue weighted by Gasteiger charge is -2.41. The minimum atomic E-state index is -0.946. The summed E-state index contributed by atoms with van der Waals surface area (Å²) in [4.78, 5) is 25.2. The summed E-state index contributed by atoms with van der Waals surface area (Å²) < 4.78 is 5.31. The molecule has 0 unspecified atom stereocenters. The molecule has 1 saturated carbocycles. The number of nitrogens with zero attached hydrogens (tertiary/aromatic N) is 1. The SMILES string of the molecule is NCC1(C(=O)N2CCC(OCC(=O)O)CC2)CCCCC1. The number of nitrogens with two attached hydrogens (primary N) is 1. The summed E-state index contributed by atoms with van der Waals surface area (Å²) >= 11 is 0. The van der Waals surface area contributed by atoms with E-state index < -0.39 is 5.97 Å². The van der Waals surface area contributed by atoms with E-state index in [2.05, 4.69) is 0 Å². The fraction of sp³-hybridized carbons (Fsp3) is 0.867. The third-order valence-corrected chi connectivity index (χ3v) is 4.83. The first-order chi connectivity index (χ1) is 10.1. The molecule has 0 atom stereocenters. The van der Waals surface area contributed by atoms with Crippen LogP contribution in [0.4, 0.5) is 0 Å². The van der Waals surface area contributed by atoms with E-state index in [1.54, 1.807) is 0 Å². The first-order valence-electron chi connectivity index (χ1n) is 7.90. The number of ether oxygens (including phenoxy) is 1. The molecule has 1 amide bonds. The van der Waals surface area contributed by atoms with E-state index in [-0.39, 0.29) is 24.0 Å². The highest BCUT2D eigenvalue weighted by molar-refractivity contribution is 5.83. The zero-order valence-electron chi connectivity index (χ0n) is 12.6. The van der Waals surface area contributed by atoms with Crippen molar-refractivity contribution in [2.24, 2.45) is 11.1 Å². The van der Waals surface area contributed by atoms with Crippen LogP contribution in [0.3, 0.4) is 0 Å². The molecule has 0 aromatic carbocycles. The first-order valence-corrected chi connectivity index (χ1v) is 7.90. The summed E-state index contributed by atoms with van der Waals surface area (Å²) in [7, 11) is 0. The Morgan fingerprint density at radius 3 is 2.33 bits per heavy atom. The van der Waals surface area contributed by atoms with Crippen molar-refractivity contribution in [2.75, 3.05) is 26.2 Å². The van der Waals surface area contributed by atoms with Crippen molar-refractivity contribution in [1.82, 2.24) is 4.90 Å². The van der Waals surface area contributed by atoms with Gasteiger partial charge in [0.1, 0.15) is 6.61 Å². The molecular weight excluding hydrogens is 272 g/mol. The van der Waals surface area contributed by atoms with Crippen LogP contribution in [0.5, 0.6) is 0 Å². The molecule has 21 heavy (non-hydrogen) atoms. The Hall–Kier alpha value is -1.14. The fourth-order valence-electron chi connectivity index (χ4n) is 3.48. The topological polar surface area (TPSA) is 92.9 Å². The average molecular weight is 298 g/mol. The van der Waals surface area contributed by atoms with E-state index in [1.165, 1.54) is 6.42 Å². The van der Waals surface area contributed by atoms with Crippen LogP contribution in [-0.2, 0) is 14.3 Å². The molecule has 2 fully saturated rings. The Bertz CT molecular complexity index is 372. The normalized spacial score (nSPS) is 23.0. The summed E-state index contributed by atoms with van der Waals surface area (Å²) in [5.74, 6) is -0.751. The molecule has 0 spiro atoms. The number of hydrogen-bond donors (Lipinski definition) is 2. The van der Waals surface area contributed by atoms with Crippen LogP contribution in [0.2, 0.25) is 0 Å². The molecule has 1 saturated heterocycles. The third kappa shape index (κ3) is 3.95. The minimum absolute atomic E-state index is 0.0506. The second-order valence-electron chi connectivity index (χ2n) is 6.24. The molecule has 0 aromatic heterocycles. The van der Waals surface area contributed by atoms with Gasteiger partial charge in [0.2, 0.25) is 5.91 Å². The van der Waals surface area contributed by atoms with Gasteiger partial charge in [-0.2, -0.15) is 0 Å². The molecule has 1 aliphatic carbocycles. The van der Waals surface area contributed by atoms with Crippen molar-refractivity contribution in [3.05, 3.63) is 0 Å². The van der Waals surface area contributed by atoms with E-state index in [9.17, 15) is 9.59 Å². The zero-order chi connectivity index (χ0) is 15.3. The summed E-state index contributed by atoms with van der Waals surface area (Å²) in [6.07, 6.45) is 6.53. The second-order valence-corrected chi connectivity index (χ2v) is 6.24. The fourth-order valence-corrected chi connectivity index (χ4v) is 3.48. The zero-order valence-corrected chi connectivity index (χ0v) is 12.6. The largest absolute Gasteiger partial charge is 0.480 e. The van der Waals surface area contributed by atoms with Gasteiger partial charge in [0.15, 0.2) is 0 Å². The summed E-state index contributed by atoms with van der Waals surface area (Å²) in [5.41, 5.74) is 5.56. The molecule has 1 aliphatic heterocycles. The molecule has 2 rings (SSSR count). The maximum absolute atomic E-state index is 12.8. The molecule has 120 valence electrons. The summed E-state index contributed by atoms with van der Waals surface area (Å²) in [6, 6.07) is 0. The monoisotopic (exact) mass is 298 g/mol. The lowest BCUT2D eigenvalue weighted by molar-refractivity contribution is -0.150. The number of carboxylic acids is 1. The molecule has 2 aliphatic rings. The average Bonchev–Trinajstić information content (AvgIpc) is 2.53. The van der Waals surface area contributed by atoms with Gasteiger partial charge in [-0.3, -0.25) is 4.79 Å². The van der Waals surface area contributed by atoms with Gasteiger partial charge < -0.3 is 20.5 Å². The number of carbonyl (C=O) groups is 2. The number of rotatable bonds is 5. The predicted molar refractivity (Wildman–Crippen MR) is 77.8 cm³/mol. The number of amides is 1. The smallest absolute Gasteiger partial charge is 0.329 e. The highest BCUT2D eigenvalue weighted by atomic mass is 16.5. The number of piperidine rings is 1. The van der Waals surface area contributed by atoms with Crippen molar-refractivity contribution in [1.29, 1.82) is 0 Å². The Balaban J connectivity index is 1.86. The van der Waals surface area contributed by atoms with Gasteiger partial charge in [-0.25, -0.2) is 4.79 Å². The highest BCUT2D eigenvalue weighted by Gasteiger charge is 2.41. The standard InChI is InChI=1S/C15H26N2O4/c16-11-15(6-2-1-3-7-15)14(20)17-8-4-12(5-9-17)21-10-13(18)19/h12H,1-11,16H2,(H,18,19). The van der Waals surface area contributed by atoms with Gasteiger partial charge in [0.05, 0.1) is 11.5 Å². The Morgan fingerprint density at radius 2 is 1.81 bits per heavy atom. The number of likely N-dealkylation sites (tertiary alicyclic amines) is 1. The highest BCUT2D eigenvalue weighted by Crippen LogP contribution is 2.37. The molecule has 3 N–H and O–H groups in total. The van der Waals surface area contributed by atoms with Crippen molar-refractivity contribution in [3.63, 3.8) is 0 Å². The van der Waals surface area contributed by atoms with Gasteiger partial charge in [-0.05, 0) is 25.7 Å². The van der Waals surface area contributed by atoms with E-state index in [0.29, 0.717) is 32.5 Å². The van der Waals surface area contributed by atoms with Crippen LogP contribution >= 0.6 is 0 Å². The van der Waals surface area contributed by atoms with Crippen LogP contribution in [0.25, 0.3) is 0 Å². The summed E-state index contributed by atoms with van der Waals surface area (Å²) in [6.45, 7) is 1.46. The Morgan fingerprint density at radius 1 is 1.19 bits per heavy atom. The molecule has 1 heterocycles. The molecule has 6 heteroatoms. The van der Waals surface area contributed by atoms with E-state index in [1.807, 2.05) is 4.90 Å². The number of aliphatic carboxylic acids is 1. The van der Waals surface area contributed by atoms with Gasteiger partial charge in [-0.15, -0.1) is 0 Å². The molecule has 0 aromatic rings. The maximum atomic E-state index is 12.8. The van der Waals surface area contributed by atoms with Crippen LogP contribution in [-0.4, -0.2) is 54.2 Å². The van der Waals surface area contributed by atoms with Crippen molar-refractivity contribution in [3.8, 4) is 0 Å². The lowest BCUT2D eigenvalue weighted by Crippen LogP contribution is -2.52. The predicted octanol–water partition coefficient (Wildman–Crippen LogP) is 0.988. The molecule has 6 nitrogen and oxygen atoms in total. The molecule has 0 radical (unpaired) electrons. The van der Waals surface area contributed by atoms with E-state index in [0.717, 1.165) is 25.7 Å². The maximum Gasteiger partial charge on any atom is 0.329 e. The van der Waals surface area contributed by atoms with E-state index in [4.69, 9.17) is 15.6 Å². The van der Waals surface area contributed by atoms with Gasteiger partial charge in [0, 0.05) is 19.6 Å². The molecular formula is C15H26N2O4. The summed E-state index contributed by atoms with van der Waals surface area (Å²) in [5, 5.41) is 8.62. The van der Waals surface area contributed by atoms with Gasteiger partial charge in [-0.1, -0.05) is 19.3 Å². The van der Waals surface area contributed by atoms with Crippen molar-refractivity contribution >= 4 is 11.9 Å². The second kappa shape index (κ2) is 7.22. The lowest BCUT2D eigenvalue weighted by atomic mass is 9.73. The first kappa shape index (κ1) is 16.2. The van der Waals surface area contributed by atoms with E-state index >= 15 is 0 Å². The van der Waals surface area contributed by atoms with Crippen molar-refractivity contribution < 1.29 is 19.4 Å². The Labute approximate surface area is 125 Å². The third-order valence-electron chi connectivity index (χ3n) is 4.83. The Kier molecular flexibility index (Phi) is 5.58. The quantitative estimate of drug-likeness (QED) is 0.789. The molecule has 0 bridgehead atoms. The number of hydrogen-bond acceptors (Lipinski definition) is 4. The van der Waals surface area contributed by atoms with Crippen LogP contribution < -0.4 is 5.73 Å². The van der Waals surface area contributed by atoms with Crippen LogP contribution in [0, 0.1) is 5.41 Å².